The van der Waals surface area contributed by atoms with Crippen LogP contribution in [0.3, 0.4) is 0 Å². The van der Waals surface area contributed by atoms with Crippen molar-refractivity contribution in [3.63, 3.8) is 0 Å². The molecule has 2 heterocycles. The lowest BCUT2D eigenvalue weighted by atomic mass is 10.1. The highest BCUT2D eigenvalue weighted by Gasteiger charge is 2.22. The molecule has 4 N–H and O–H groups in total. The number of esters is 1. The number of aromatic nitrogens is 4. The van der Waals surface area contributed by atoms with Gasteiger partial charge >= 0.3 is 5.97 Å². The van der Waals surface area contributed by atoms with Gasteiger partial charge in [0, 0.05) is 0 Å². The van der Waals surface area contributed by atoms with E-state index >= 15 is 0 Å². The van der Waals surface area contributed by atoms with Crippen LogP contribution in [0.25, 0.3) is 11.2 Å². The van der Waals surface area contributed by atoms with Gasteiger partial charge in [-0.1, -0.05) is 20.8 Å². The molecule has 0 aliphatic heterocycles. The molecule has 10 nitrogen and oxygen atoms in total. The molecule has 0 fully saturated rings. The quantitative estimate of drug-likeness (QED) is 0.419. The van der Waals surface area contributed by atoms with Crippen LogP contribution in [0.5, 0.6) is 0 Å². The molecular weight excluding hydrogens is 328 g/mol. The van der Waals surface area contributed by atoms with Gasteiger partial charge in [0.1, 0.15) is 19.4 Å². The number of fused-ring (bicyclic) bond motifs is 1. The van der Waals surface area contributed by atoms with Crippen LogP contribution >= 0.6 is 0 Å². The van der Waals surface area contributed by atoms with Gasteiger partial charge in [-0.2, -0.15) is 4.98 Å². The van der Waals surface area contributed by atoms with Gasteiger partial charge in [0.15, 0.2) is 11.2 Å². The van der Waals surface area contributed by atoms with Crippen molar-refractivity contribution in [3.8, 4) is 0 Å². The highest BCUT2D eigenvalue weighted by atomic mass is 16.6. The predicted octanol–water partition coefficient (Wildman–Crippen LogP) is -0.147. The number of imidazole rings is 1. The molecule has 0 amide bonds. The summed E-state index contributed by atoms with van der Waals surface area (Å²) in [4.78, 5) is 34.1. The zero-order valence-electron chi connectivity index (χ0n) is 14.6. The summed E-state index contributed by atoms with van der Waals surface area (Å²) >= 11 is 0. The van der Waals surface area contributed by atoms with Crippen LogP contribution in [0.2, 0.25) is 0 Å². The average Bonchev–Trinajstić information content (AvgIpc) is 2.95. The second-order valence-corrected chi connectivity index (χ2v) is 5.82. The minimum atomic E-state index is -0.404. The maximum atomic E-state index is 12.0. The highest BCUT2D eigenvalue weighted by molar-refractivity contribution is 5.76. The van der Waals surface area contributed by atoms with E-state index in [0.29, 0.717) is 12.2 Å². The summed E-state index contributed by atoms with van der Waals surface area (Å²) < 4.78 is 12.2. The van der Waals surface area contributed by atoms with Gasteiger partial charge < -0.3 is 20.5 Å². The maximum absolute atomic E-state index is 12.0. The molecule has 2 aromatic rings. The smallest absolute Gasteiger partial charge is 0.323 e. The number of hydrogen-bond acceptors (Lipinski definition) is 8. The molecule has 138 valence electrons. The van der Waals surface area contributed by atoms with Crippen molar-refractivity contribution in [2.24, 2.45) is 5.92 Å². The van der Waals surface area contributed by atoms with Gasteiger partial charge in [-0.15, -0.1) is 0 Å². The SMILES string of the molecule is CCN[C@H](C(=O)OCCOCn1cnc2c(=O)[nH]c(N)nc21)C(C)C. The van der Waals surface area contributed by atoms with Crippen molar-refractivity contribution >= 4 is 23.1 Å². The van der Waals surface area contributed by atoms with E-state index in [1.807, 2.05) is 20.8 Å². The van der Waals surface area contributed by atoms with Crippen LogP contribution in [0.1, 0.15) is 20.8 Å². The Balaban J connectivity index is 1.82. The van der Waals surface area contributed by atoms with E-state index in [9.17, 15) is 9.59 Å². The lowest BCUT2D eigenvalue weighted by molar-refractivity contribution is -0.149. The molecule has 10 heteroatoms. The van der Waals surface area contributed by atoms with Gasteiger partial charge in [0.25, 0.3) is 5.56 Å². The van der Waals surface area contributed by atoms with Gasteiger partial charge in [-0.25, -0.2) is 4.98 Å². The van der Waals surface area contributed by atoms with Gasteiger partial charge in [0.2, 0.25) is 5.95 Å². The van der Waals surface area contributed by atoms with Crippen molar-refractivity contribution in [3.05, 3.63) is 16.7 Å². The number of nitrogens with two attached hydrogens (primary N) is 1. The standard InChI is InChI=1S/C15H24N6O4/c1-4-17-10(9(2)3)14(23)25-6-5-24-8-21-7-18-11-12(21)19-15(16)20-13(11)22/h7,9-10,17H,4-6,8H2,1-3H3,(H3,16,19,20,22)/t10-/m0/s1. The van der Waals surface area contributed by atoms with E-state index in [1.54, 1.807) is 4.57 Å². The Bertz CT molecular complexity index is 769. The molecule has 0 spiro atoms. The zero-order valence-corrected chi connectivity index (χ0v) is 14.6. The summed E-state index contributed by atoms with van der Waals surface area (Å²) in [5.41, 5.74) is 5.65. The Morgan fingerprint density at radius 3 is 2.88 bits per heavy atom. The van der Waals surface area contributed by atoms with Crippen molar-refractivity contribution in [2.45, 2.75) is 33.5 Å². The molecular formula is C15H24N6O4. The molecule has 0 unspecified atom stereocenters. The van der Waals surface area contributed by atoms with E-state index in [2.05, 4.69) is 20.3 Å². The molecule has 0 aromatic carbocycles. The minimum Gasteiger partial charge on any atom is -0.462 e. The number of ether oxygens (including phenoxy) is 2. The molecule has 0 saturated heterocycles. The van der Waals surface area contributed by atoms with Crippen LogP contribution in [0.4, 0.5) is 5.95 Å². The molecule has 2 aromatic heterocycles. The summed E-state index contributed by atoms with van der Waals surface area (Å²) in [7, 11) is 0. The van der Waals surface area contributed by atoms with Crippen LogP contribution in [-0.4, -0.2) is 51.3 Å². The molecule has 25 heavy (non-hydrogen) atoms. The number of aromatic amines is 1. The second kappa shape index (κ2) is 8.58. The molecule has 1 atom stereocenters. The predicted molar refractivity (Wildman–Crippen MR) is 91.8 cm³/mol. The first-order chi connectivity index (χ1) is 11.9. The summed E-state index contributed by atoms with van der Waals surface area (Å²) in [6, 6.07) is -0.332. The first-order valence-corrected chi connectivity index (χ1v) is 8.12. The number of H-pyrrole nitrogens is 1. The minimum absolute atomic E-state index is 0.0105. The van der Waals surface area contributed by atoms with Crippen molar-refractivity contribution in [1.82, 2.24) is 24.8 Å². The number of carbonyl (C=O) groups is 1. The van der Waals surface area contributed by atoms with E-state index in [4.69, 9.17) is 15.2 Å². The normalized spacial score (nSPS) is 12.6. The van der Waals surface area contributed by atoms with Crippen LogP contribution < -0.4 is 16.6 Å². The maximum Gasteiger partial charge on any atom is 0.323 e. The summed E-state index contributed by atoms with van der Waals surface area (Å²) in [6.07, 6.45) is 1.44. The number of rotatable bonds is 9. The monoisotopic (exact) mass is 352 g/mol. The fraction of sp³-hybridized carbons (Fsp3) is 0.600. The van der Waals surface area contributed by atoms with E-state index in [0.717, 1.165) is 0 Å². The molecule has 0 aliphatic carbocycles. The summed E-state index contributed by atoms with van der Waals surface area (Å²) in [5, 5.41) is 3.10. The Morgan fingerprint density at radius 1 is 1.44 bits per heavy atom. The number of nitrogens with one attached hydrogen (secondary N) is 2. The Morgan fingerprint density at radius 2 is 2.20 bits per heavy atom. The van der Waals surface area contributed by atoms with Crippen LogP contribution in [-0.2, 0) is 21.0 Å². The first-order valence-electron chi connectivity index (χ1n) is 8.12. The van der Waals surface area contributed by atoms with E-state index < -0.39 is 5.56 Å². The average molecular weight is 352 g/mol. The number of likely N-dealkylation sites (N-methyl/N-ethyl adjacent to an activating group) is 1. The third kappa shape index (κ3) is 4.77. The Labute approximate surface area is 144 Å². The van der Waals surface area contributed by atoms with Gasteiger partial charge in [-0.3, -0.25) is 19.1 Å². The molecule has 2 rings (SSSR count). The third-order valence-corrected chi connectivity index (χ3v) is 3.54. The summed E-state index contributed by atoms with van der Waals surface area (Å²) in [5.74, 6) is -0.147. The zero-order chi connectivity index (χ0) is 18.4. The van der Waals surface area contributed by atoms with Crippen LogP contribution in [0, 0.1) is 5.92 Å². The number of anilines is 1. The largest absolute Gasteiger partial charge is 0.462 e. The van der Waals surface area contributed by atoms with Crippen molar-refractivity contribution in [1.29, 1.82) is 0 Å². The lowest BCUT2D eigenvalue weighted by Crippen LogP contribution is -2.42. The van der Waals surface area contributed by atoms with Crippen LogP contribution in [0.15, 0.2) is 11.1 Å². The Hall–Kier alpha value is -2.46. The number of carbonyl (C=O) groups excluding carboxylic acids is 1. The topological polar surface area (TPSA) is 137 Å². The number of hydrogen-bond donors (Lipinski definition) is 3. The third-order valence-electron chi connectivity index (χ3n) is 3.54. The second-order valence-electron chi connectivity index (χ2n) is 5.82. The number of nitrogen functional groups attached to an aromatic ring is 1. The summed E-state index contributed by atoms with van der Waals surface area (Å²) in [6.45, 7) is 7.00. The lowest BCUT2D eigenvalue weighted by Gasteiger charge is -2.19. The number of nitrogens with zero attached hydrogens (tertiary/aromatic N) is 3. The molecule has 0 aliphatic rings. The molecule has 0 radical (unpaired) electrons. The fourth-order valence-electron chi connectivity index (χ4n) is 2.33. The van der Waals surface area contributed by atoms with Gasteiger partial charge in [-0.05, 0) is 12.5 Å². The van der Waals surface area contributed by atoms with Gasteiger partial charge in [0.05, 0.1) is 12.9 Å². The van der Waals surface area contributed by atoms with Crippen molar-refractivity contribution < 1.29 is 14.3 Å². The van der Waals surface area contributed by atoms with Crippen molar-refractivity contribution in [2.75, 3.05) is 25.5 Å². The van der Waals surface area contributed by atoms with E-state index in [1.165, 1.54) is 6.33 Å². The Kier molecular flexibility index (Phi) is 6.48. The molecule has 0 bridgehead atoms. The van der Waals surface area contributed by atoms with E-state index in [-0.39, 0.29) is 49.3 Å². The fourth-order valence-corrected chi connectivity index (χ4v) is 2.33. The highest BCUT2D eigenvalue weighted by Crippen LogP contribution is 2.07. The first kappa shape index (κ1) is 18.9. The molecule has 0 saturated carbocycles.